The lowest BCUT2D eigenvalue weighted by molar-refractivity contribution is 0.0671. The Morgan fingerprint density at radius 3 is 2.70 bits per heavy atom. The van der Waals surface area contributed by atoms with Gasteiger partial charge in [0.05, 0.1) is 17.8 Å². The highest BCUT2D eigenvalue weighted by atomic mass is 32.1. The molecule has 0 radical (unpaired) electrons. The zero-order valence-corrected chi connectivity index (χ0v) is 7.28. The van der Waals surface area contributed by atoms with Gasteiger partial charge in [-0.1, -0.05) is 6.92 Å². The fourth-order valence-electron chi connectivity index (χ4n) is 0.674. The minimum atomic E-state index is 0.223. The van der Waals surface area contributed by atoms with Gasteiger partial charge in [0.2, 0.25) is 0 Å². The lowest BCUT2D eigenvalue weighted by Crippen LogP contribution is -2.14. The van der Waals surface area contributed by atoms with Gasteiger partial charge < -0.3 is 4.74 Å². The third-order valence-electron chi connectivity index (χ3n) is 1.22. The average Bonchev–Trinajstić information content (AvgIpc) is 1.98. The van der Waals surface area contributed by atoms with Crippen LogP contribution in [-0.4, -0.2) is 24.4 Å². The first-order valence-electron chi connectivity index (χ1n) is 3.50. The van der Waals surface area contributed by atoms with Crippen LogP contribution in [0, 0.1) is 0 Å². The molecule has 0 N–H and O–H groups in total. The summed E-state index contributed by atoms with van der Waals surface area (Å²) < 4.78 is 5.31. The van der Waals surface area contributed by atoms with Crippen LogP contribution in [0.4, 0.5) is 0 Å². The highest BCUT2D eigenvalue weighted by molar-refractivity contribution is 7.78. The molecule has 0 spiro atoms. The van der Waals surface area contributed by atoms with Crippen LogP contribution in [0.5, 0.6) is 0 Å². The number of aliphatic imine (C=N–C) groups is 1. The first kappa shape index (κ1) is 9.76. The molecule has 0 amide bonds. The van der Waals surface area contributed by atoms with Crippen molar-refractivity contribution in [2.24, 2.45) is 4.99 Å². The Morgan fingerprint density at radius 2 is 2.30 bits per heavy atom. The SMILES string of the molecule is CCOC(CC)CN=C=S. The molecule has 0 aliphatic rings. The van der Waals surface area contributed by atoms with Gasteiger partial charge in [-0.3, -0.25) is 0 Å². The van der Waals surface area contributed by atoms with E-state index in [0.717, 1.165) is 13.0 Å². The molecule has 1 atom stereocenters. The van der Waals surface area contributed by atoms with Gasteiger partial charge in [-0.25, -0.2) is 4.99 Å². The summed E-state index contributed by atoms with van der Waals surface area (Å²) >= 11 is 4.43. The molecule has 1 unspecified atom stereocenters. The second-order valence-electron chi connectivity index (χ2n) is 1.92. The topological polar surface area (TPSA) is 21.6 Å². The number of isothiocyanates is 1. The van der Waals surface area contributed by atoms with E-state index in [4.69, 9.17) is 4.74 Å². The molecule has 10 heavy (non-hydrogen) atoms. The summed E-state index contributed by atoms with van der Waals surface area (Å²) in [4.78, 5) is 3.80. The van der Waals surface area contributed by atoms with E-state index < -0.39 is 0 Å². The van der Waals surface area contributed by atoms with Crippen molar-refractivity contribution in [2.75, 3.05) is 13.2 Å². The highest BCUT2D eigenvalue weighted by Gasteiger charge is 2.01. The van der Waals surface area contributed by atoms with Crippen molar-refractivity contribution < 1.29 is 4.74 Å². The molecule has 0 aliphatic carbocycles. The molecule has 0 aliphatic heterocycles. The van der Waals surface area contributed by atoms with Crippen molar-refractivity contribution in [3.63, 3.8) is 0 Å². The first-order chi connectivity index (χ1) is 4.85. The Labute approximate surface area is 67.3 Å². The number of ether oxygens (including phenoxy) is 1. The zero-order chi connectivity index (χ0) is 7.82. The Morgan fingerprint density at radius 1 is 1.60 bits per heavy atom. The van der Waals surface area contributed by atoms with Gasteiger partial charge in [-0.15, -0.1) is 0 Å². The largest absolute Gasteiger partial charge is 0.377 e. The summed E-state index contributed by atoms with van der Waals surface area (Å²) in [5.74, 6) is 0. The lowest BCUT2D eigenvalue weighted by atomic mass is 10.3. The predicted molar refractivity (Wildman–Crippen MR) is 45.6 cm³/mol. The number of rotatable bonds is 5. The van der Waals surface area contributed by atoms with Gasteiger partial charge in [-0.2, -0.15) is 0 Å². The monoisotopic (exact) mass is 159 g/mol. The minimum Gasteiger partial charge on any atom is -0.377 e. The van der Waals surface area contributed by atoms with E-state index in [-0.39, 0.29) is 6.10 Å². The molecule has 0 saturated heterocycles. The molecule has 0 rings (SSSR count). The van der Waals surface area contributed by atoms with Crippen LogP contribution in [0.2, 0.25) is 0 Å². The normalized spacial score (nSPS) is 12.2. The zero-order valence-electron chi connectivity index (χ0n) is 6.46. The average molecular weight is 159 g/mol. The molecule has 0 aromatic rings. The molecular formula is C7H13NOS. The summed E-state index contributed by atoms with van der Waals surface area (Å²) in [6.07, 6.45) is 1.20. The number of thiocarbonyl (C=S) groups is 1. The molecule has 2 nitrogen and oxygen atoms in total. The van der Waals surface area contributed by atoms with Crippen LogP contribution in [0.3, 0.4) is 0 Å². The minimum absolute atomic E-state index is 0.223. The van der Waals surface area contributed by atoms with Crippen LogP contribution in [0.25, 0.3) is 0 Å². The fraction of sp³-hybridized carbons (Fsp3) is 0.857. The van der Waals surface area contributed by atoms with E-state index in [1.165, 1.54) is 0 Å². The highest BCUT2D eigenvalue weighted by Crippen LogP contribution is 1.97. The van der Waals surface area contributed by atoms with Crippen LogP contribution < -0.4 is 0 Å². The Balaban J connectivity index is 3.48. The van der Waals surface area contributed by atoms with E-state index in [9.17, 15) is 0 Å². The van der Waals surface area contributed by atoms with Crippen molar-refractivity contribution in [3.8, 4) is 0 Å². The molecule has 58 valence electrons. The molecular weight excluding hydrogens is 146 g/mol. The summed E-state index contributed by atoms with van der Waals surface area (Å²) in [5.41, 5.74) is 0. The van der Waals surface area contributed by atoms with Crippen molar-refractivity contribution in [3.05, 3.63) is 0 Å². The molecule has 0 aromatic heterocycles. The summed E-state index contributed by atoms with van der Waals surface area (Å²) in [5, 5.41) is 2.32. The van der Waals surface area contributed by atoms with Crippen LogP contribution >= 0.6 is 12.2 Å². The van der Waals surface area contributed by atoms with Crippen molar-refractivity contribution in [1.29, 1.82) is 0 Å². The summed E-state index contributed by atoms with van der Waals surface area (Å²) in [7, 11) is 0. The first-order valence-corrected chi connectivity index (χ1v) is 3.91. The maximum atomic E-state index is 5.31. The molecule has 0 fully saturated rings. The van der Waals surface area contributed by atoms with Crippen LogP contribution in [-0.2, 0) is 4.74 Å². The van der Waals surface area contributed by atoms with E-state index >= 15 is 0 Å². The number of hydrogen-bond acceptors (Lipinski definition) is 3. The summed E-state index contributed by atoms with van der Waals surface area (Å²) in [6, 6.07) is 0. The number of nitrogens with zero attached hydrogens (tertiary/aromatic N) is 1. The van der Waals surface area contributed by atoms with E-state index in [0.29, 0.717) is 6.54 Å². The lowest BCUT2D eigenvalue weighted by Gasteiger charge is -2.10. The molecule has 0 bridgehead atoms. The van der Waals surface area contributed by atoms with E-state index in [2.05, 4.69) is 29.3 Å². The molecule has 0 aromatic carbocycles. The molecule has 0 saturated carbocycles. The van der Waals surface area contributed by atoms with E-state index in [1.54, 1.807) is 0 Å². The van der Waals surface area contributed by atoms with Crippen LogP contribution in [0.1, 0.15) is 20.3 Å². The van der Waals surface area contributed by atoms with Crippen LogP contribution in [0.15, 0.2) is 4.99 Å². The van der Waals surface area contributed by atoms with Gasteiger partial charge in [-0.05, 0) is 25.6 Å². The molecule has 0 heterocycles. The Kier molecular flexibility index (Phi) is 6.71. The van der Waals surface area contributed by atoms with Gasteiger partial charge >= 0.3 is 0 Å². The van der Waals surface area contributed by atoms with Crippen molar-refractivity contribution >= 4 is 17.4 Å². The standard InChI is InChI=1S/C7H13NOS/c1-3-7(9-4-2)5-8-6-10/h7H,3-5H2,1-2H3. The van der Waals surface area contributed by atoms with Gasteiger partial charge in [0, 0.05) is 6.61 Å². The van der Waals surface area contributed by atoms with Gasteiger partial charge in [0.1, 0.15) is 0 Å². The van der Waals surface area contributed by atoms with Crippen molar-refractivity contribution in [2.45, 2.75) is 26.4 Å². The summed E-state index contributed by atoms with van der Waals surface area (Å²) in [6.45, 7) is 5.43. The predicted octanol–water partition coefficient (Wildman–Crippen LogP) is 1.90. The maximum absolute atomic E-state index is 5.31. The number of hydrogen-bond donors (Lipinski definition) is 0. The third kappa shape index (κ3) is 4.62. The Bertz CT molecular complexity index is 121. The van der Waals surface area contributed by atoms with Gasteiger partial charge in [0.25, 0.3) is 0 Å². The second kappa shape index (κ2) is 6.87. The third-order valence-corrected chi connectivity index (χ3v) is 1.35. The maximum Gasteiger partial charge on any atom is 0.0775 e. The quantitative estimate of drug-likeness (QED) is 0.451. The second-order valence-corrected chi connectivity index (χ2v) is 2.10. The Hall–Kier alpha value is -0.240. The van der Waals surface area contributed by atoms with Gasteiger partial charge in [0.15, 0.2) is 0 Å². The fourth-order valence-corrected chi connectivity index (χ4v) is 0.749. The van der Waals surface area contributed by atoms with E-state index in [1.807, 2.05) is 6.92 Å². The molecule has 3 heteroatoms. The van der Waals surface area contributed by atoms with Crippen molar-refractivity contribution in [1.82, 2.24) is 0 Å². The smallest absolute Gasteiger partial charge is 0.0775 e.